The summed E-state index contributed by atoms with van der Waals surface area (Å²) >= 11 is 0. The molecule has 0 bridgehead atoms. The molecule has 114 valence electrons. The fraction of sp³-hybridized carbons (Fsp3) is 0.385. The summed E-state index contributed by atoms with van der Waals surface area (Å²) in [7, 11) is -2.04. The molecule has 0 aliphatic rings. The molecule has 7 nitrogen and oxygen atoms in total. The fourth-order valence-corrected chi connectivity index (χ4v) is 2.85. The van der Waals surface area contributed by atoms with Crippen LogP contribution in [0.15, 0.2) is 17.0 Å². The molecule has 1 aromatic heterocycles. The highest BCUT2D eigenvalue weighted by atomic mass is 32.2. The van der Waals surface area contributed by atoms with E-state index in [0.29, 0.717) is 11.4 Å². The predicted molar refractivity (Wildman–Crippen MR) is 77.4 cm³/mol. The van der Waals surface area contributed by atoms with Crippen molar-refractivity contribution in [2.75, 3.05) is 0 Å². The Morgan fingerprint density at radius 3 is 2.43 bits per heavy atom. The van der Waals surface area contributed by atoms with Crippen molar-refractivity contribution in [3.8, 4) is 5.75 Å². The maximum Gasteiger partial charge on any atom is 0.241 e. The number of aromatic nitrogens is 3. The number of ether oxygens (including phenoxy) is 1. The lowest BCUT2D eigenvalue weighted by molar-refractivity contribution is 0.281. The van der Waals surface area contributed by atoms with Crippen molar-refractivity contribution in [2.45, 2.75) is 32.3 Å². The third-order valence-corrected chi connectivity index (χ3v) is 4.14. The number of nitrogens with two attached hydrogens (primary N) is 1. The van der Waals surface area contributed by atoms with Gasteiger partial charge in [0.05, 0.1) is 0 Å². The number of rotatable bonds is 4. The van der Waals surface area contributed by atoms with E-state index in [9.17, 15) is 8.42 Å². The molecule has 0 aliphatic carbocycles. The first kappa shape index (κ1) is 15.5. The van der Waals surface area contributed by atoms with Crippen molar-refractivity contribution in [1.82, 2.24) is 14.8 Å². The van der Waals surface area contributed by atoms with Crippen molar-refractivity contribution < 1.29 is 13.2 Å². The molecule has 2 rings (SSSR count). The zero-order valence-electron chi connectivity index (χ0n) is 12.4. The molecule has 0 amide bonds. The smallest absolute Gasteiger partial charge is 0.241 e. The summed E-state index contributed by atoms with van der Waals surface area (Å²) < 4.78 is 30.8. The Bertz CT molecular complexity index is 781. The second-order valence-electron chi connectivity index (χ2n) is 4.97. The van der Waals surface area contributed by atoms with Gasteiger partial charge in [0.15, 0.2) is 5.82 Å². The van der Waals surface area contributed by atoms with Gasteiger partial charge in [0.2, 0.25) is 10.0 Å². The molecule has 0 unspecified atom stereocenters. The molecule has 0 fully saturated rings. The predicted octanol–water partition coefficient (Wildman–Crippen LogP) is 0.967. The Balaban J connectivity index is 2.38. The summed E-state index contributed by atoms with van der Waals surface area (Å²) in [6.45, 7) is 5.52. The number of primary sulfonamides is 1. The molecule has 0 radical (unpaired) electrons. The molecule has 0 saturated heterocycles. The standard InChI is InChI=1S/C13H18N4O3S/c1-8-5-9(2)13(11(6-8)21(14,18)19)20-7-12-16-15-10(3)17(12)4/h5-6H,7H2,1-4H3,(H2,14,18,19). The van der Waals surface area contributed by atoms with E-state index in [2.05, 4.69) is 10.2 Å². The molecule has 8 heteroatoms. The van der Waals surface area contributed by atoms with Crippen LogP contribution in [0.5, 0.6) is 5.75 Å². The zero-order valence-corrected chi connectivity index (χ0v) is 13.2. The van der Waals surface area contributed by atoms with Crippen LogP contribution in [-0.4, -0.2) is 23.2 Å². The van der Waals surface area contributed by atoms with Gasteiger partial charge >= 0.3 is 0 Å². The third-order valence-electron chi connectivity index (χ3n) is 3.22. The van der Waals surface area contributed by atoms with Crippen LogP contribution in [0.2, 0.25) is 0 Å². The van der Waals surface area contributed by atoms with Crippen molar-refractivity contribution >= 4 is 10.0 Å². The minimum absolute atomic E-state index is 0.0149. The van der Waals surface area contributed by atoms with Crippen LogP contribution in [0.25, 0.3) is 0 Å². The molecular formula is C13H18N4O3S. The van der Waals surface area contributed by atoms with Gasteiger partial charge in [-0.2, -0.15) is 0 Å². The highest BCUT2D eigenvalue weighted by molar-refractivity contribution is 7.89. The van der Waals surface area contributed by atoms with E-state index in [1.807, 2.05) is 20.0 Å². The Morgan fingerprint density at radius 2 is 1.90 bits per heavy atom. The highest BCUT2D eigenvalue weighted by Gasteiger charge is 2.19. The lowest BCUT2D eigenvalue weighted by Gasteiger charge is -2.13. The van der Waals surface area contributed by atoms with Crippen molar-refractivity contribution in [2.24, 2.45) is 12.2 Å². The van der Waals surface area contributed by atoms with E-state index in [4.69, 9.17) is 9.88 Å². The molecule has 0 saturated carbocycles. The van der Waals surface area contributed by atoms with Gasteiger partial charge in [-0.05, 0) is 38.0 Å². The van der Waals surface area contributed by atoms with Crippen LogP contribution in [0, 0.1) is 20.8 Å². The molecule has 1 aromatic carbocycles. The molecule has 21 heavy (non-hydrogen) atoms. The van der Waals surface area contributed by atoms with Gasteiger partial charge in [-0.15, -0.1) is 10.2 Å². The molecule has 1 heterocycles. The summed E-state index contributed by atoms with van der Waals surface area (Å²) in [5, 5.41) is 13.2. The highest BCUT2D eigenvalue weighted by Crippen LogP contribution is 2.29. The Labute approximate surface area is 123 Å². The van der Waals surface area contributed by atoms with E-state index >= 15 is 0 Å². The molecule has 2 N–H and O–H groups in total. The average Bonchev–Trinajstić information content (AvgIpc) is 2.67. The molecular weight excluding hydrogens is 292 g/mol. The van der Waals surface area contributed by atoms with Crippen LogP contribution in [-0.2, 0) is 23.7 Å². The van der Waals surface area contributed by atoms with Crippen LogP contribution < -0.4 is 9.88 Å². The van der Waals surface area contributed by atoms with Crippen LogP contribution in [0.3, 0.4) is 0 Å². The Hall–Kier alpha value is -1.93. The summed E-state index contributed by atoms with van der Waals surface area (Å²) in [6.07, 6.45) is 0. The normalized spacial score (nSPS) is 11.7. The number of hydrogen-bond acceptors (Lipinski definition) is 5. The zero-order chi connectivity index (χ0) is 15.8. The van der Waals surface area contributed by atoms with Gasteiger partial charge < -0.3 is 9.30 Å². The van der Waals surface area contributed by atoms with Crippen LogP contribution in [0.1, 0.15) is 22.8 Å². The number of nitrogens with zero attached hydrogens (tertiary/aromatic N) is 3. The maximum atomic E-state index is 11.7. The summed E-state index contributed by atoms with van der Waals surface area (Å²) in [6, 6.07) is 3.34. The number of aryl methyl sites for hydroxylation is 3. The van der Waals surface area contributed by atoms with Gasteiger partial charge in [-0.25, -0.2) is 13.6 Å². The van der Waals surface area contributed by atoms with E-state index < -0.39 is 10.0 Å². The van der Waals surface area contributed by atoms with Crippen molar-refractivity contribution in [3.05, 3.63) is 34.9 Å². The van der Waals surface area contributed by atoms with Crippen LogP contribution in [0.4, 0.5) is 0 Å². The topological polar surface area (TPSA) is 100 Å². The van der Waals surface area contributed by atoms with E-state index in [-0.39, 0.29) is 17.3 Å². The van der Waals surface area contributed by atoms with Gasteiger partial charge in [0.1, 0.15) is 23.1 Å². The molecule has 0 spiro atoms. The molecule has 2 aromatic rings. The van der Waals surface area contributed by atoms with E-state index in [0.717, 1.165) is 11.4 Å². The van der Waals surface area contributed by atoms with Crippen molar-refractivity contribution in [3.63, 3.8) is 0 Å². The van der Waals surface area contributed by atoms with Gasteiger partial charge in [-0.3, -0.25) is 0 Å². The molecule has 0 aliphatic heterocycles. The van der Waals surface area contributed by atoms with E-state index in [1.165, 1.54) is 6.07 Å². The van der Waals surface area contributed by atoms with Crippen molar-refractivity contribution in [1.29, 1.82) is 0 Å². The van der Waals surface area contributed by atoms with Gasteiger partial charge in [0, 0.05) is 7.05 Å². The van der Waals surface area contributed by atoms with Crippen LogP contribution >= 0.6 is 0 Å². The fourth-order valence-electron chi connectivity index (χ4n) is 2.03. The minimum atomic E-state index is -3.86. The number of benzene rings is 1. The van der Waals surface area contributed by atoms with Gasteiger partial charge in [-0.1, -0.05) is 6.07 Å². The lowest BCUT2D eigenvalue weighted by atomic mass is 10.1. The summed E-state index contributed by atoms with van der Waals surface area (Å²) in [5.74, 6) is 1.61. The first-order valence-electron chi connectivity index (χ1n) is 6.32. The summed E-state index contributed by atoms with van der Waals surface area (Å²) in [5.41, 5.74) is 1.51. The Kier molecular flexibility index (Phi) is 4.02. The first-order chi connectivity index (χ1) is 9.70. The lowest BCUT2D eigenvalue weighted by Crippen LogP contribution is -2.15. The average molecular weight is 310 g/mol. The SMILES string of the molecule is Cc1cc(C)c(OCc2nnc(C)n2C)c(S(N)(=O)=O)c1. The maximum absolute atomic E-state index is 11.7. The van der Waals surface area contributed by atoms with E-state index in [1.54, 1.807) is 18.4 Å². The number of sulfonamides is 1. The number of hydrogen-bond donors (Lipinski definition) is 1. The third kappa shape index (κ3) is 3.22. The minimum Gasteiger partial charge on any atom is -0.484 e. The largest absolute Gasteiger partial charge is 0.484 e. The monoisotopic (exact) mass is 310 g/mol. The quantitative estimate of drug-likeness (QED) is 0.907. The summed E-state index contributed by atoms with van der Waals surface area (Å²) in [4.78, 5) is -0.0149. The second-order valence-corrected chi connectivity index (χ2v) is 6.50. The second kappa shape index (κ2) is 5.45. The Morgan fingerprint density at radius 1 is 1.24 bits per heavy atom. The molecule has 0 atom stereocenters. The van der Waals surface area contributed by atoms with Gasteiger partial charge in [0.25, 0.3) is 0 Å². The first-order valence-corrected chi connectivity index (χ1v) is 7.86.